The number of nitrogens with one attached hydrogen (secondary N) is 2. The van der Waals surface area contributed by atoms with E-state index >= 15 is 0 Å². The molecule has 1 atom stereocenters. The predicted molar refractivity (Wildman–Crippen MR) is 77.0 cm³/mol. The first kappa shape index (κ1) is 14.1. The normalized spacial score (nSPS) is 15.7. The first-order chi connectivity index (χ1) is 8.99. The van der Waals surface area contributed by atoms with E-state index in [1.165, 1.54) is 0 Å². The molecule has 2 N–H and O–H groups in total. The fourth-order valence-electron chi connectivity index (χ4n) is 1.75. The molecule has 0 saturated heterocycles. The van der Waals surface area contributed by atoms with Gasteiger partial charge < -0.3 is 10.6 Å². The maximum absolute atomic E-state index is 12.1. The molecule has 4 nitrogen and oxygen atoms in total. The standard InChI is InChI=1S/C14H17BrN2O2/c1-8-11(4-3-5-12(8)15)14(19)16-9(2)13(18)17-10-6-7-10/h3-5,9-10H,6-7H2,1-2H3,(H,16,19)(H,17,18). The van der Waals surface area contributed by atoms with Crippen LogP contribution in [-0.4, -0.2) is 23.9 Å². The molecule has 2 rings (SSSR count). The molecule has 0 radical (unpaired) electrons. The lowest BCUT2D eigenvalue weighted by molar-refractivity contribution is -0.122. The number of benzene rings is 1. The lowest BCUT2D eigenvalue weighted by Gasteiger charge is -2.15. The van der Waals surface area contributed by atoms with Gasteiger partial charge >= 0.3 is 0 Å². The Labute approximate surface area is 121 Å². The van der Waals surface area contributed by atoms with Gasteiger partial charge in [-0.2, -0.15) is 0 Å². The lowest BCUT2D eigenvalue weighted by Crippen LogP contribution is -2.45. The zero-order valence-electron chi connectivity index (χ0n) is 11.0. The van der Waals surface area contributed by atoms with Crippen LogP contribution in [0.15, 0.2) is 22.7 Å². The SMILES string of the molecule is Cc1c(Br)cccc1C(=O)NC(C)C(=O)NC1CC1. The van der Waals surface area contributed by atoms with E-state index in [2.05, 4.69) is 26.6 Å². The van der Waals surface area contributed by atoms with Gasteiger partial charge in [-0.05, 0) is 44.4 Å². The Hall–Kier alpha value is -1.36. The molecule has 102 valence electrons. The zero-order valence-corrected chi connectivity index (χ0v) is 12.6. The molecule has 0 aromatic heterocycles. The average Bonchev–Trinajstić information content (AvgIpc) is 3.16. The van der Waals surface area contributed by atoms with Gasteiger partial charge in [0, 0.05) is 16.1 Å². The fraction of sp³-hybridized carbons (Fsp3) is 0.429. The maximum atomic E-state index is 12.1. The van der Waals surface area contributed by atoms with Crippen LogP contribution in [0.4, 0.5) is 0 Å². The van der Waals surface area contributed by atoms with Gasteiger partial charge in [0.1, 0.15) is 6.04 Å². The summed E-state index contributed by atoms with van der Waals surface area (Å²) < 4.78 is 0.884. The van der Waals surface area contributed by atoms with Gasteiger partial charge in [-0.1, -0.05) is 22.0 Å². The Morgan fingerprint density at radius 1 is 1.37 bits per heavy atom. The van der Waals surface area contributed by atoms with E-state index in [9.17, 15) is 9.59 Å². The molecule has 1 saturated carbocycles. The number of hydrogen-bond donors (Lipinski definition) is 2. The predicted octanol–water partition coefficient (Wildman–Crippen LogP) is 2.15. The summed E-state index contributed by atoms with van der Waals surface area (Å²) >= 11 is 3.39. The third-order valence-electron chi connectivity index (χ3n) is 3.18. The van der Waals surface area contributed by atoms with Crippen molar-refractivity contribution >= 4 is 27.7 Å². The molecular formula is C14H17BrN2O2. The van der Waals surface area contributed by atoms with E-state index in [1.54, 1.807) is 19.1 Å². The smallest absolute Gasteiger partial charge is 0.252 e. The highest BCUT2D eigenvalue weighted by Gasteiger charge is 2.26. The Bertz CT molecular complexity index is 512. The third kappa shape index (κ3) is 3.56. The summed E-state index contributed by atoms with van der Waals surface area (Å²) in [7, 11) is 0. The molecule has 1 aliphatic rings. The lowest BCUT2D eigenvalue weighted by atomic mass is 10.1. The van der Waals surface area contributed by atoms with Crippen molar-refractivity contribution < 1.29 is 9.59 Å². The minimum atomic E-state index is -0.522. The number of amides is 2. The molecule has 1 fully saturated rings. The molecule has 1 unspecified atom stereocenters. The molecule has 1 aromatic rings. The Morgan fingerprint density at radius 3 is 2.68 bits per heavy atom. The first-order valence-electron chi connectivity index (χ1n) is 6.35. The largest absolute Gasteiger partial charge is 0.352 e. The van der Waals surface area contributed by atoms with Crippen LogP contribution in [0.5, 0.6) is 0 Å². The molecular weight excluding hydrogens is 308 g/mol. The molecule has 0 spiro atoms. The van der Waals surface area contributed by atoms with Crippen molar-refractivity contribution in [1.82, 2.24) is 10.6 Å². The van der Waals surface area contributed by atoms with Crippen LogP contribution >= 0.6 is 15.9 Å². The van der Waals surface area contributed by atoms with Crippen LogP contribution < -0.4 is 10.6 Å². The number of rotatable bonds is 4. The quantitative estimate of drug-likeness (QED) is 0.891. The van der Waals surface area contributed by atoms with E-state index in [0.717, 1.165) is 22.9 Å². The van der Waals surface area contributed by atoms with Crippen molar-refractivity contribution in [3.05, 3.63) is 33.8 Å². The van der Waals surface area contributed by atoms with Gasteiger partial charge in [-0.25, -0.2) is 0 Å². The zero-order chi connectivity index (χ0) is 14.0. The van der Waals surface area contributed by atoms with E-state index in [1.807, 2.05) is 13.0 Å². The monoisotopic (exact) mass is 324 g/mol. The highest BCUT2D eigenvalue weighted by molar-refractivity contribution is 9.10. The molecule has 0 heterocycles. The van der Waals surface area contributed by atoms with E-state index in [0.29, 0.717) is 11.6 Å². The molecule has 0 aliphatic heterocycles. The molecule has 0 bridgehead atoms. The average molecular weight is 325 g/mol. The van der Waals surface area contributed by atoms with Crippen LogP contribution in [0.3, 0.4) is 0 Å². The van der Waals surface area contributed by atoms with E-state index in [4.69, 9.17) is 0 Å². The fourth-order valence-corrected chi connectivity index (χ4v) is 2.11. The van der Waals surface area contributed by atoms with Crippen LogP contribution in [0.2, 0.25) is 0 Å². The Kier molecular flexibility index (Phi) is 4.24. The van der Waals surface area contributed by atoms with Crippen molar-refractivity contribution in [2.24, 2.45) is 0 Å². The molecule has 5 heteroatoms. The minimum Gasteiger partial charge on any atom is -0.352 e. The summed E-state index contributed by atoms with van der Waals surface area (Å²) in [6, 6.07) is 5.22. The van der Waals surface area contributed by atoms with Crippen LogP contribution in [0.25, 0.3) is 0 Å². The van der Waals surface area contributed by atoms with Gasteiger partial charge in [0.25, 0.3) is 5.91 Å². The molecule has 19 heavy (non-hydrogen) atoms. The summed E-state index contributed by atoms with van der Waals surface area (Å²) in [5.41, 5.74) is 1.45. The van der Waals surface area contributed by atoms with Crippen molar-refractivity contribution in [3.8, 4) is 0 Å². The number of carbonyl (C=O) groups excluding carboxylic acids is 2. The van der Waals surface area contributed by atoms with Crippen molar-refractivity contribution in [2.45, 2.75) is 38.8 Å². The summed E-state index contributed by atoms with van der Waals surface area (Å²) in [6.45, 7) is 3.57. The molecule has 2 amide bonds. The number of carbonyl (C=O) groups is 2. The van der Waals surface area contributed by atoms with Crippen LogP contribution in [-0.2, 0) is 4.79 Å². The van der Waals surface area contributed by atoms with Gasteiger partial charge in [-0.3, -0.25) is 9.59 Å². The van der Waals surface area contributed by atoms with Gasteiger partial charge in [0.2, 0.25) is 5.91 Å². The number of hydrogen-bond acceptors (Lipinski definition) is 2. The summed E-state index contributed by atoms with van der Waals surface area (Å²) in [4.78, 5) is 23.9. The third-order valence-corrected chi connectivity index (χ3v) is 4.04. The molecule has 1 aliphatic carbocycles. The van der Waals surface area contributed by atoms with Gasteiger partial charge in [0.15, 0.2) is 0 Å². The van der Waals surface area contributed by atoms with Gasteiger partial charge in [0.05, 0.1) is 0 Å². The van der Waals surface area contributed by atoms with E-state index in [-0.39, 0.29) is 11.8 Å². The summed E-state index contributed by atoms with van der Waals surface area (Å²) in [6.07, 6.45) is 2.08. The van der Waals surface area contributed by atoms with Crippen molar-refractivity contribution in [3.63, 3.8) is 0 Å². The second kappa shape index (κ2) is 5.74. The Morgan fingerprint density at radius 2 is 2.05 bits per heavy atom. The summed E-state index contributed by atoms with van der Waals surface area (Å²) in [5, 5.41) is 5.60. The minimum absolute atomic E-state index is 0.122. The van der Waals surface area contributed by atoms with Crippen LogP contribution in [0, 0.1) is 6.92 Å². The second-order valence-corrected chi connectivity index (χ2v) is 5.74. The topological polar surface area (TPSA) is 58.2 Å². The molecule has 1 aromatic carbocycles. The van der Waals surface area contributed by atoms with E-state index < -0.39 is 6.04 Å². The Balaban J connectivity index is 1.99. The first-order valence-corrected chi connectivity index (χ1v) is 7.14. The highest BCUT2D eigenvalue weighted by Crippen LogP contribution is 2.20. The second-order valence-electron chi connectivity index (χ2n) is 4.89. The van der Waals surface area contributed by atoms with Crippen LogP contribution in [0.1, 0.15) is 35.7 Å². The summed E-state index contributed by atoms with van der Waals surface area (Å²) in [5.74, 6) is -0.347. The van der Waals surface area contributed by atoms with Crippen molar-refractivity contribution in [2.75, 3.05) is 0 Å². The maximum Gasteiger partial charge on any atom is 0.252 e. The highest BCUT2D eigenvalue weighted by atomic mass is 79.9. The van der Waals surface area contributed by atoms with Crippen molar-refractivity contribution in [1.29, 1.82) is 0 Å². The number of halogens is 1. The van der Waals surface area contributed by atoms with Gasteiger partial charge in [-0.15, -0.1) is 0 Å².